The van der Waals surface area contributed by atoms with Gasteiger partial charge < -0.3 is 14.6 Å². The molecule has 0 aromatic carbocycles. The lowest BCUT2D eigenvalue weighted by atomic mass is 10.3. The van der Waals surface area contributed by atoms with Crippen molar-refractivity contribution in [1.82, 2.24) is 0 Å². The predicted octanol–water partition coefficient (Wildman–Crippen LogP) is 1.50. The zero-order valence-electron chi connectivity index (χ0n) is 6.87. The van der Waals surface area contributed by atoms with Crippen molar-refractivity contribution in [2.45, 2.75) is 26.4 Å². The van der Waals surface area contributed by atoms with Gasteiger partial charge in [0.25, 0.3) is 0 Å². The standard InChI is InChI=1S/C7H14O4/c1-3-6(5-10-4-2)11-7(8)9/h6H,3-5H2,1-2H3,(H,8,9). The van der Waals surface area contributed by atoms with E-state index in [0.29, 0.717) is 19.6 Å². The molecule has 0 rings (SSSR count). The topological polar surface area (TPSA) is 55.8 Å². The van der Waals surface area contributed by atoms with E-state index in [-0.39, 0.29) is 6.10 Å². The van der Waals surface area contributed by atoms with E-state index in [1.54, 1.807) is 0 Å². The first kappa shape index (κ1) is 10.2. The van der Waals surface area contributed by atoms with E-state index >= 15 is 0 Å². The van der Waals surface area contributed by atoms with Crippen LogP contribution in [0.1, 0.15) is 20.3 Å². The van der Waals surface area contributed by atoms with Gasteiger partial charge >= 0.3 is 6.16 Å². The van der Waals surface area contributed by atoms with Crippen LogP contribution in [0.2, 0.25) is 0 Å². The minimum atomic E-state index is -1.24. The number of hydrogen-bond acceptors (Lipinski definition) is 3. The Morgan fingerprint density at radius 2 is 2.18 bits per heavy atom. The summed E-state index contributed by atoms with van der Waals surface area (Å²) in [4.78, 5) is 10.1. The normalized spacial score (nSPS) is 12.5. The summed E-state index contributed by atoms with van der Waals surface area (Å²) in [5.74, 6) is 0. The third-order valence-electron chi connectivity index (χ3n) is 1.23. The van der Waals surface area contributed by atoms with Crippen LogP contribution in [0.3, 0.4) is 0 Å². The minimum absolute atomic E-state index is 0.326. The second kappa shape index (κ2) is 5.97. The molecule has 0 saturated carbocycles. The fourth-order valence-corrected chi connectivity index (χ4v) is 0.627. The molecule has 0 heterocycles. The zero-order chi connectivity index (χ0) is 8.69. The van der Waals surface area contributed by atoms with Crippen LogP contribution in [-0.4, -0.2) is 30.6 Å². The summed E-state index contributed by atoms with van der Waals surface area (Å²) in [6.07, 6.45) is -0.921. The molecule has 0 aromatic rings. The average Bonchev–Trinajstić information content (AvgIpc) is 1.97. The van der Waals surface area contributed by atoms with Crippen molar-refractivity contribution in [3.05, 3.63) is 0 Å². The largest absolute Gasteiger partial charge is 0.506 e. The first-order valence-corrected chi connectivity index (χ1v) is 3.68. The summed E-state index contributed by atoms with van der Waals surface area (Å²) in [7, 11) is 0. The molecule has 66 valence electrons. The molecule has 0 radical (unpaired) electrons. The lowest BCUT2D eigenvalue weighted by Crippen LogP contribution is -2.21. The number of rotatable bonds is 5. The zero-order valence-corrected chi connectivity index (χ0v) is 6.87. The molecule has 1 N–H and O–H groups in total. The molecular weight excluding hydrogens is 148 g/mol. The van der Waals surface area contributed by atoms with E-state index in [2.05, 4.69) is 4.74 Å². The van der Waals surface area contributed by atoms with Crippen LogP contribution in [0.4, 0.5) is 4.79 Å². The maximum atomic E-state index is 10.1. The number of ether oxygens (including phenoxy) is 2. The lowest BCUT2D eigenvalue weighted by Gasteiger charge is -2.12. The number of hydrogen-bond donors (Lipinski definition) is 1. The summed E-state index contributed by atoms with van der Waals surface area (Å²) in [6.45, 7) is 4.64. The van der Waals surface area contributed by atoms with E-state index in [4.69, 9.17) is 9.84 Å². The molecule has 0 aliphatic carbocycles. The van der Waals surface area contributed by atoms with Gasteiger partial charge in [-0.15, -0.1) is 0 Å². The third kappa shape index (κ3) is 5.66. The summed E-state index contributed by atoms with van der Waals surface area (Å²) in [5, 5.41) is 8.24. The molecule has 0 aliphatic heterocycles. The van der Waals surface area contributed by atoms with Crippen molar-refractivity contribution in [3.8, 4) is 0 Å². The minimum Gasteiger partial charge on any atom is -0.450 e. The van der Waals surface area contributed by atoms with E-state index in [1.807, 2.05) is 13.8 Å². The summed E-state index contributed by atoms with van der Waals surface area (Å²) >= 11 is 0. The van der Waals surface area contributed by atoms with Crippen molar-refractivity contribution in [1.29, 1.82) is 0 Å². The van der Waals surface area contributed by atoms with Crippen molar-refractivity contribution < 1.29 is 19.4 Å². The van der Waals surface area contributed by atoms with Gasteiger partial charge in [-0.3, -0.25) is 0 Å². The van der Waals surface area contributed by atoms with Crippen LogP contribution in [0.5, 0.6) is 0 Å². The van der Waals surface area contributed by atoms with Gasteiger partial charge in [-0.25, -0.2) is 4.79 Å². The third-order valence-corrected chi connectivity index (χ3v) is 1.23. The Kier molecular flexibility index (Phi) is 5.56. The summed E-state index contributed by atoms with van der Waals surface area (Å²) in [6, 6.07) is 0. The van der Waals surface area contributed by atoms with E-state index in [0.717, 1.165) is 0 Å². The van der Waals surface area contributed by atoms with Crippen LogP contribution >= 0.6 is 0 Å². The first-order chi connectivity index (χ1) is 5.20. The first-order valence-electron chi connectivity index (χ1n) is 3.68. The molecule has 0 fully saturated rings. The van der Waals surface area contributed by atoms with Crippen molar-refractivity contribution in [2.24, 2.45) is 0 Å². The van der Waals surface area contributed by atoms with Gasteiger partial charge in [0.15, 0.2) is 0 Å². The smallest absolute Gasteiger partial charge is 0.450 e. The lowest BCUT2D eigenvalue weighted by molar-refractivity contribution is -0.000130. The summed E-state index contributed by atoms with van der Waals surface area (Å²) in [5.41, 5.74) is 0. The highest BCUT2D eigenvalue weighted by Crippen LogP contribution is 1.98. The second-order valence-corrected chi connectivity index (χ2v) is 2.07. The molecule has 1 atom stereocenters. The van der Waals surface area contributed by atoms with E-state index in [1.165, 1.54) is 0 Å². The molecule has 4 nitrogen and oxygen atoms in total. The Labute approximate surface area is 66.1 Å². The molecule has 0 aromatic heterocycles. The maximum Gasteiger partial charge on any atom is 0.506 e. The highest BCUT2D eigenvalue weighted by molar-refractivity contribution is 5.57. The number of carbonyl (C=O) groups is 1. The molecule has 0 bridgehead atoms. The Morgan fingerprint density at radius 3 is 2.55 bits per heavy atom. The van der Waals surface area contributed by atoms with Crippen LogP contribution in [0.25, 0.3) is 0 Å². The molecule has 1 unspecified atom stereocenters. The van der Waals surface area contributed by atoms with Gasteiger partial charge in [0.1, 0.15) is 6.10 Å². The maximum absolute atomic E-state index is 10.1. The quantitative estimate of drug-likeness (QED) is 0.622. The average molecular weight is 162 g/mol. The molecule has 11 heavy (non-hydrogen) atoms. The van der Waals surface area contributed by atoms with Crippen molar-refractivity contribution in [2.75, 3.05) is 13.2 Å². The molecule has 0 spiro atoms. The Bertz CT molecular complexity index is 113. The Balaban J connectivity index is 3.49. The van der Waals surface area contributed by atoms with Crippen LogP contribution in [0, 0.1) is 0 Å². The van der Waals surface area contributed by atoms with Crippen molar-refractivity contribution in [3.63, 3.8) is 0 Å². The molecular formula is C7H14O4. The van der Waals surface area contributed by atoms with Gasteiger partial charge in [0.2, 0.25) is 0 Å². The predicted molar refractivity (Wildman–Crippen MR) is 39.7 cm³/mol. The molecule has 0 amide bonds. The van der Waals surface area contributed by atoms with Gasteiger partial charge in [0, 0.05) is 6.61 Å². The second-order valence-electron chi connectivity index (χ2n) is 2.07. The van der Waals surface area contributed by atoms with E-state index in [9.17, 15) is 4.79 Å². The summed E-state index contributed by atoms with van der Waals surface area (Å²) < 4.78 is 9.49. The van der Waals surface area contributed by atoms with Crippen LogP contribution in [-0.2, 0) is 9.47 Å². The highest BCUT2D eigenvalue weighted by atomic mass is 16.7. The molecule has 4 heteroatoms. The molecule has 0 saturated heterocycles. The fourth-order valence-electron chi connectivity index (χ4n) is 0.627. The Morgan fingerprint density at radius 1 is 1.55 bits per heavy atom. The van der Waals surface area contributed by atoms with Gasteiger partial charge in [-0.05, 0) is 13.3 Å². The van der Waals surface area contributed by atoms with Crippen molar-refractivity contribution >= 4 is 6.16 Å². The van der Waals surface area contributed by atoms with Gasteiger partial charge in [0.05, 0.1) is 6.61 Å². The molecule has 0 aliphatic rings. The van der Waals surface area contributed by atoms with Gasteiger partial charge in [-0.2, -0.15) is 0 Å². The SMILES string of the molecule is CCOCC(CC)OC(=O)O. The van der Waals surface area contributed by atoms with Gasteiger partial charge in [-0.1, -0.05) is 6.92 Å². The Hall–Kier alpha value is -0.770. The van der Waals surface area contributed by atoms with E-state index < -0.39 is 6.16 Å². The fraction of sp³-hybridized carbons (Fsp3) is 0.857. The van der Waals surface area contributed by atoms with Crippen LogP contribution < -0.4 is 0 Å². The van der Waals surface area contributed by atoms with Crippen LogP contribution in [0.15, 0.2) is 0 Å². The number of carboxylic acid groups (broad SMARTS) is 1. The monoisotopic (exact) mass is 162 g/mol. The highest BCUT2D eigenvalue weighted by Gasteiger charge is 2.10.